The fourth-order valence-electron chi connectivity index (χ4n) is 23.7. The number of unbranched alkanes of at least 4 members (excludes halogenated alkanes) is 8. The Kier molecular flexibility index (Phi) is 30.6. The molecule has 3 amide bonds. The minimum absolute atomic E-state index is 0.0656. The van der Waals surface area contributed by atoms with Gasteiger partial charge in [0.15, 0.2) is 22.9 Å². The number of hydrogen-bond acceptors (Lipinski definition) is 12. The number of nitrogens with zero attached hydrogens (tertiary/aromatic N) is 8. The van der Waals surface area contributed by atoms with Crippen molar-refractivity contribution in [3.05, 3.63) is 138 Å². The third-order valence-electron chi connectivity index (χ3n) is 31.6. The molecule has 10 fully saturated rings. The van der Waals surface area contributed by atoms with E-state index in [1.165, 1.54) is 95.5 Å². The van der Waals surface area contributed by atoms with Crippen LogP contribution in [0.25, 0.3) is 45.0 Å². The molecule has 10 saturated carbocycles. The quantitative estimate of drug-likeness (QED) is 0.0204. The maximum absolute atomic E-state index is 13.3. The molecular formula is C103H133BrCl5N11O8. The van der Waals surface area contributed by atoms with Gasteiger partial charge in [0.05, 0.1) is 22.8 Å². The molecule has 10 aliphatic carbocycles. The summed E-state index contributed by atoms with van der Waals surface area (Å²) < 4.78 is 33.2. The number of nitrogens with one attached hydrogen (secondary N) is 3. The normalized spacial score (nSPS) is 22.5. The van der Waals surface area contributed by atoms with E-state index < -0.39 is 0 Å². The van der Waals surface area contributed by atoms with Gasteiger partial charge >= 0.3 is 0 Å². The molecule has 128 heavy (non-hydrogen) atoms. The van der Waals surface area contributed by atoms with Crippen molar-refractivity contribution in [2.75, 3.05) is 43.2 Å². The molecule has 9 unspecified atom stereocenters. The highest BCUT2D eigenvalue weighted by molar-refractivity contribution is 9.10. The van der Waals surface area contributed by atoms with E-state index in [-0.39, 0.29) is 23.5 Å². The summed E-state index contributed by atoms with van der Waals surface area (Å²) >= 11 is 33.1. The molecule has 690 valence electrons. The second-order valence-corrected chi connectivity index (χ2v) is 43.2. The van der Waals surface area contributed by atoms with Crippen molar-refractivity contribution in [3.63, 3.8) is 0 Å². The van der Waals surface area contributed by atoms with Gasteiger partial charge in [-0.3, -0.25) is 37.9 Å². The minimum Gasteiger partial charge on any atom is -0.488 e. The zero-order valence-corrected chi connectivity index (χ0v) is 81.9. The predicted molar refractivity (Wildman–Crippen MR) is 515 cm³/mol. The number of carbonyl (C=O) groups excluding carboxylic acids is 4. The van der Waals surface area contributed by atoms with Gasteiger partial charge in [-0.2, -0.15) is 20.4 Å². The summed E-state index contributed by atoms with van der Waals surface area (Å²) in [5, 5.41) is 29.6. The van der Waals surface area contributed by atoms with Gasteiger partial charge in [0.1, 0.15) is 55.1 Å². The summed E-state index contributed by atoms with van der Waals surface area (Å²) in [6, 6.07) is 24.3. The third-order valence-corrected chi connectivity index (χ3v) is 33.4. The van der Waals surface area contributed by atoms with Crippen LogP contribution in [0.3, 0.4) is 0 Å². The van der Waals surface area contributed by atoms with Crippen LogP contribution in [0.5, 0.6) is 23.0 Å². The van der Waals surface area contributed by atoms with E-state index in [0.717, 1.165) is 253 Å². The Balaban J connectivity index is 0.000000125. The summed E-state index contributed by atoms with van der Waals surface area (Å²) in [6.45, 7) is 25.3. The summed E-state index contributed by atoms with van der Waals surface area (Å²) in [4.78, 5) is 53.2. The number of alkyl halides is 4. The van der Waals surface area contributed by atoms with Crippen molar-refractivity contribution >= 4 is 97.4 Å². The molecule has 4 aliphatic heterocycles. The summed E-state index contributed by atoms with van der Waals surface area (Å²) in [7, 11) is 0. The van der Waals surface area contributed by atoms with Crippen LogP contribution in [0, 0.1) is 89.3 Å². The van der Waals surface area contributed by atoms with Crippen LogP contribution in [0.15, 0.2) is 77.3 Å². The lowest BCUT2D eigenvalue weighted by molar-refractivity contribution is -0.103. The van der Waals surface area contributed by atoms with Crippen LogP contribution < -0.4 is 34.9 Å². The number of ketones is 1. The Morgan fingerprint density at radius 3 is 1.06 bits per heavy atom. The number of rotatable bonds is 32. The van der Waals surface area contributed by atoms with Crippen LogP contribution in [0.1, 0.15) is 290 Å². The number of halogens is 6. The number of carbonyl (C=O) groups is 4. The standard InChI is InChI=1S/C27H36ClN3O2.C26H33BrClN3O2.C26H33Cl2N3O2.C24H31ClN2O2/c1-17-7-10-20-23(13-17)33-16-21-24(30-31(25(20)21)12-6-4-5-11-28)26(32)29-15-18-8-9-19-14-22(18)27(19,2)3;1-26(2)17-7-6-16(21(26)12-17)14-29-25(32)23-20-15-33-22-13-18(27)8-9-19(22)24(20)31(30-23)11-5-3-4-10-28;1-26(2)17-7-6-16(21(26)12-17)14-29-25(32)23-20-15-33-22-13-18(28)8-9-19(22)24(20)31(30-23)11-5-3-4-10-27;1-17-10-11-19-22(14-17)29-16-20-23(21(28)15-18-8-4-2-5-9-18)26-27(24(19)20)13-7-3-6-12-25/h7,10,13,18-19,22H,4-6,8-9,11-12,14-16H2,1-3H3,(H,29,32);2*8-9,13,16-17,21H,3-7,10-12,14-15H2,1-2H3,(H,29,32);10-11,14,18H,2-9,12-13,15-16H2,1H3. The number of Topliss-reactive ketones (excluding diaryl/α,β-unsaturated/α-hetero) is 1. The van der Waals surface area contributed by atoms with Crippen LogP contribution in [0.4, 0.5) is 0 Å². The first-order valence-electron chi connectivity index (χ1n) is 48.2. The maximum Gasteiger partial charge on any atom is 0.272 e. The highest BCUT2D eigenvalue weighted by Gasteiger charge is 2.57. The molecule has 8 aromatic rings. The molecule has 14 aliphatic rings. The van der Waals surface area contributed by atoms with Crippen molar-refractivity contribution in [2.45, 2.75) is 281 Å². The second-order valence-electron chi connectivity index (χ2n) is 40.4. The molecule has 25 heteroatoms. The fraction of sp³-hybridized carbons (Fsp3) is 0.612. The van der Waals surface area contributed by atoms with Crippen LogP contribution in [-0.2, 0) is 52.6 Å². The van der Waals surface area contributed by atoms with Gasteiger partial charge in [0.25, 0.3) is 17.7 Å². The Morgan fingerprint density at radius 2 is 0.719 bits per heavy atom. The first kappa shape index (κ1) is 94.1. The highest BCUT2D eigenvalue weighted by atomic mass is 79.9. The summed E-state index contributed by atoms with van der Waals surface area (Å²) in [6.07, 6.45) is 30.4. The summed E-state index contributed by atoms with van der Waals surface area (Å²) in [5.74, 6) is 13.0. The number of aromatic nitrogens is 8. The number of hydrogen-bond donors (Lipinski definition) is 3. The molecule has 9 atom stereocenters. The lowest BCUT2D eigenvalue weighted by Gasteiger charge is -2.60. The van der Waals surface area contributed by atoms with E-state index in [2.05, 4.69) is 124 Å². The Morgan fingerprint density at radius 1 is 0.398 bits per heavy atom. The molecule has 0 spiro atoms. The van der Waals surface area contributed by atoms with E-state index in [9.17, 15) is 19.2 Å². The first-order chi connectivity index (χ1) is 61.9. The molecule has 8 heterocycles. The lowest BCUT2D eigenvalue weighted by Crippen LogP contribution is -2.54. The monoisotopic (exact) mass is 1910 g/mol. The van der Waals surface area contributed by atoms with Gasteiger partial charge in [0.2, 0.25) is 0 Å². The highest BCUT2D eigenvalue weighted by Crippen LogP contribution is 2.64. The largest absolute Gasteiger partial charge is 0.488 e. The molecule has 19 nitrogen and oxygen atoms in total. The Hall–Kier alpha value is -7.07. The molecule has 4 aromatic heterocycles. The second kappa shape index (κ2) is 41.6. The van der Waals surface area contributed by atoms with Crippen molar-refractivity contribution in [1.82, 2.24) is 55.1 Å². The molecular weight excluding hydrogens is 1780 g/mol. The topological polar surface area (TPSA) is 213 Å². The number of ether oxygens (including phenoxy) is 4. The van der Waals surface area contributed by atoms with Crippen LogP contribution in [0.2, 0.25) is 5.02 Å². The lowest BCUT2D eigenvalue weighted by atomic mass is 9.45. The van der Waals surface area contributed by atoms with E-state index in [0.29, 0.717) is 130 Å². The third kappa shape index (κ3) is 20.1. The van der Waals surface area contributed by atoms with E-state index in [1.54, 1.807) is 0 Å². The molecule has 22 rings (SSSR count). The van der Waals surface area contributed by atoms with Gasteiger partial charge in [-0.1, -0.05) is 139 Å². The van der Waals surface area contributed by atoms with Gasteiger partial charge in [-0.05, 0) is 270 Å². The van der Waals surface area contributed by atoms with E-state index in [1.807, 2.05) is 55.1 Å². The summed E-state index contributed by atoms with van der Waals surface area (Å²) in [5.41, 5.74) is 17.5. The van der Waals surface area contributed by atoms with Gasteiger partial charge in [0, 0.05) is 130 Å². The zero-order valence-electron chi connectivity index (χ0n) is 76.5. The van der Waals surface area contributed by atoms with E-state index in [4.69, 9.17) is 97.3 Å². The minimum atomic E-state index is -0.0916. The molecule has 6 bridgehead atoms. The van der Waals surface area contributed by atoms with Gasteiger partial charge in [-0.15, -0.1) is 46.4 Å². The number of fused-ring (bicyclic) bond motifs is 18. The van der Waals surface area contributed by atoms with Crippen molar-refractivity contribution < 1.29 is 38.1 Å². The van der Waals surface area contributed by atoms with Crippen molar-refractivity contribution in [1.29, 1.82) is 0 Å². The molecule has 0 saturated heterocycles. The Labute approximate surface area is 791 Å². The number of aryl methyl sites for hydroxylation is 6. The smallest absolute Gasteiger partial charge is 0.272 e. The molecule has 0 radical (unpaired) electrons. The van der Waals surface area contributed by atoms with Crippen LogP contribution in [-0.4, -0.2) is 106 Å². The SMILES string of the molecule is CC1(C)C2CCC(CNC(=O)c3nn(CCCCCCl)c4c3COc3cc(Br)ccc3-4)C1C2.CC1(C)C2CCC(CNC(=O)c3nn(CCCCCCl)c4c3COc3cc(Cl)ccc3-4)C1C2.Cc1ccc2c(c1)OCc1c(C(=O)CC3CCCCC3)nn(CCCCCCl)c1-2.Cc1ccc2c(c1)OCc1c(C(=O)NCC3CCC4CC3C4(C)C)nn(CCCCCCl)c1-2. The zero-order chi connectivity index (χ0) is 89.7. The maximum atomic E-state index is 13.3. The van der Waals surface area contributed by atoms with Crippen molar-refractivity contribution in [2.24, 2.45) is 75.4 Å². The van der Waals surface area contributed by atoms with Gasteiger partial charge < -0.3 is 34.9 Å². The average molecular weight is 1910 g/mol. The molecule has 3 N–H and O–H groups in total. The Bertz CT molecular complexity index is 4890. The predicted octanol–water partition coefficient (Wildman–Crippen LogP) is 25.0. The van der Waals surface area contributed by atoms with E-state index >= 15 is 0 Å². The van der Waals surface area contributed by atoms with Crippen LogP contribution >= 0.6 is 73.9 Å². The fourth-order valence-corrected chi connectivity index (χ4v) is 25.0. The molecule has 4 aromatic carbocycles. The van der Waals surface area contributed by atoms with Gasteiger partial charge in [-0.25, -0.2) is 0 Å². The first-order valence-corrected chi connectivity index (χ1v) is 51.5. The van der Waals surface area contributed by atoms with Crippen molar-refractivity contribution in [3.8, 4) is 68.0 Å². The number of benzene rings is 4. The number of amides is 3. The average Bonchev–Trinajstić information content (AvgIpc) is 1.36.